The smallest absolute Gasteiger partial charge is 0.161 e. The Kier molecular flexibility index (Phi) is 2.65. The molecule has 0 radical (unpaired) electrons. The van der Waals surface area contributed by atoms with Crippen LogP contribution in [-0.2, 0) is 0 Å². The van der Waals surface area contributed by atoms with E-state index in [4.69, 9.17) is 10.7 Å². The minimum atomic E-state index is 0.466. The lowest BCUT2D eigenvalue weighted by Gasteiger charge is -2.65. The summed E-state index contributed by atoms with van der Waals surface area (Å²) in [6.45, 7) is 6.04. The molecular weight excluding hydrogens is 266 g/mol. The monoisotopic (exact) mass is 291 g/mol. The maximum Gasteiger partial charge on any atom is 0.161 e. The summed E-state index contributed by atoms with van der Waals surface area (Å²) in [6.07, 6.45) is 8.53. The van der Waals surface area contributed by atoms with Crippen molar-refractivity contribution in [1.82, 2.24) is 0 Å². The summed E-state index contributed by atoms with van der Waals surface area (Å²) in [6, 6.07) is 0. The normalized spacial score (nSPS) is 51.8. The van der Waals surface area contributed by atoms with Crippen LogP contribution in [0.1, 0.15) is 52.4 Å². The Hall–Kier alpha value is -0.510. The molecule has 5 aliphatic rings. The molecule has 1 heterocycles. The van der Waals surface area contributed by atoms with Gasteiger partial charge in [0.05, 0.1) is 5.75 Å². The minimum Gasteiger partial charge on any atom is -0.378 e. The van der Waals surface area contributed by atoms with E-state index in [9.17, 15) is 0 Å². The molecule has 0 amide bonds. The highest BCUT2D eigenvalue weighted by atomic mass is 32.2. The maximum absolute atomic E-state index is 5.74. The highest BCUT2D eigenvalue weighted by molar-refractivity contribution is 8.14. The van der Waals surface area contributed by atoms with Crippen LogP contribution in [0.15, 0.2) is 9.98 Å². The molecule has 20 heavy (non-hydrogen) atoms. The molecule has 2 N–H and O–H groups in total. The second-order valence-corrected chi connectivity index (χ2v) is 9.60. The largest absolute Gasteiger partial charge is 0.378 e. The van der Waals surface area contributed by atoms with Crippen molar-refractivity contribution >= 4 is 22.8 Å². The summed E-state index contributed by atoms with van der Waals surface area (Å²) in [5.41, 5.74) is 7.37. The van der Waals surface area contributed by atoms with Gasteiger partial charge in [0.2, 0.25) is 0 Å². The molecule has 5 rings (SSSR count). The Morgan fingerprint density at radius 2 is 1.90 bits per heavy atom. The van der Waals surface area contributed by atoms with Gasteiger partial charge in [0.25, 0.3) is 0 Å². The number of nitrogens with two attached hydrogens (primary N) is 1. The van der Waals surface area contributed by atoms with Gasteiger partial charge in [-0.05, 0) is 60.7 Å². The molecule has 0 spiro atoms. The number of nitrogens with zero attached hydrogens (tertiary/aromatic N) is 2. The zero-order valence-corrected chi connectivity index (χ0v) is 13.4. The Morgan fingerprint density at radius 1 is 1.20 bits per heavy atom. The maximum atomic E-state index is 5.74. The van der Waals surface area contributed by atoms with Gasteiger partial charge in [-0.1, -0.05) is 25.6 Å². The van der Waals surface area contributed by atoms with E-state index in [0.717, 1.165) is 24.1 Å². The molecule has 3 nitrogen and oxygen atoms in total. The number of hydrogen-bond donors (Lipinski definition) is 1. The van der Waals surface area contributed by atoms with Gasteiger partial charge in [0.15, 0.2) is 5.17 Å². The number of rotatable bonds is 2. The van der Waals surface area contributed by atoms with Crippen LogP contribution in [0.5, 0.6) is 0 Å². The quantitative estimate of drug-likeness (QED) is 0.847. The van der Waals surface area contributed by atoms with Crippen molar-refractivity contribution in [2.45, 2.75) is 52.4 Å². The van der Waals surface area contributed by atoms with Crippen molar-refractivity contribution in [1.29, 1.82) is 0 Å². The average Bonchev–Trinajstić information content (AvgIpc) is 2.68. The lowest BCUT2D eigenvalue weighted by atomic mass is 9.40. The fourth-order valence-electron chi connectivity index (χ4n) is 6.53. The third-order valence-electron chi connectivity index (χ3n) is 5.93. The zero-order chi connectivity index (χ0) is 14.0. The highest BCUT2D eigenvalue weighted by Crippen LogP contribution is 2.69. The second kappa shape index (κ2) is 4.02. The first-order chi connectivity index (χ1) is 9.38. The van der Waals surface area contributed by atoms with Crippen molar-refractivity contribution in [3.05, 3.63) is 0 Å². The number of thioether (sulfide) groups is 1. The molecule has 4 bridgehead atoms. The molecule has 2 atom stereocenters. The predicted octanol–water partition coefficient (Wildman–Crippen LogP) is 3.44. The molecule has 0 aromatic carbocycles. The topological polar surface area (TPSA) is 50.7 Å². The van der Waals surface area contributed by atoms with Crippen molar-refractivity contribution in [2.75, 3.05) is 12.3 Å². The van der Waals surface area contributed by atoms with Crippen LogP contribution in [-0.4, -0.2) is 23.3 Å². The Bertz CT molecular complexity index is 492. The molecule has 4 aliphatic carbocycles. The Balaban J connectivity index is 1.58. The first-order valence-corrected chi connectivity index (χ1v) is 8.87. The minimum absolute atomic E-state index is 0.466. The number of hydrogen-bond acceptors (Lipinski definition) is 3. The van der Waals surface area contributed by atoms with Crippen LogP contribution in [0.4, 0.5) is 0 Å². The summed E-state index contributed by atoms with van der Waals surface area (Å²) in [4.78, 5) is 9.20. The molecular formula is C16H25N3S. The van der Waals surface area contributed by atoms with Crippen molar-refractivity contribution < 1.29 is 0 Å². The van der Waals surface area contributed by atoms with Crippen LogP contribution < -0.4 is 5.73 Å². The molecule has 0 aromatic heterocycles. The standard InChI is InChI=1S/C16H25N3S/c1-14-3-11-4-15(2,7-14)9-16(5-11,8-14)10-18-12-6-20-13(17)19-12/h11H,3-10H2,1-2H3,(H2,17,18,19). The lowest BCUT2D eigenvalue weighted by Crippen LogP contribution is -2.56. The SMILES string of the molecule is CC12CC3CC(C)(C1)CC(CN=C1CSC(N)=N1)(C3)C2. The molecule has 0 aromatic rings. The fraction of sp³-hybridized carbons (Fsp3) is 0.875. The fourth-order valence-corrected chi connectivity index (χ4v) is 7.13. The van der Waals surface area contributed by atoms with Crippen LogP contribution in [0.3, 0.4) is 0 Å². The van der Waals surface area contributed by atoms with Gasteiger partial charge < -0.3 is 5.73 Å². The van der Waals surface area contributed by atoms with Gasteiger partial charge in [0.1, 0.15) is 5.84 Å². The van der Waals surface area contributed by atoms with Gasteiger partial charge in [-0.2, -0.15) is 0 Å². The molecule has 0 saturated heterocycles. The predicted molar refractivity (Wildman–Crippen MR) is 86.2 cm³/mol. The molecule has 1 aliphatic heterocycles. The van der Waals surface area contributed by atoms with Gasteiger partial charge in [-0.3, -0.25) is 4.99 Å². The van der Waals surface area contributed by atoms with Gasteiger partial charge in [-0.15, -0.1) is 0 Å². The number of aliphatic imine (C=N–C) groups is 2. The number of amidine groups is 2. The molecule has 110 valence electrons. The van der Waals surface area contributed by atoms with E-state index in [2.05, 4.69) is 18.8 Å². The highest BCUT2D eigenvalue weighted by Gasteiger charge is 2.59. The summed E-state index contributed by atoms with van der Waals surface area (Å²) in [7, 11) is 0. The van der Waals surface area contributed by atoms with Gasteiger partial charge in [-0.25, -0.2) is 4.99 Å². The van der Waals surface area contributed by atoms with Gasteiger partial charge in [0, 0.05) is 6.54 Å². The van der Waals surface area contributed by atoms with Crippen LogP contribution >= 0.6 is 11.8 Å². The first kappa shape index (κ1) is 13.2. The van der Waals surface area contributed by atoms with Gasteiger partial charge >= 0.3 is 0 Å². The summed E-state index contributed by atoms with van der Waals surface area (Å²) < 4.78 is 0. The second-order valence-electron chi connectivity index (χ2n) is 8.60. The Labute approximate surface area is 125 Å². The molecule has 4 fully saturated rings. The lowest BCUT2D eigenvalue weighted by molar-refractivity contribution is -0.140. The van der Waals surface area contributed by atoms with E-state index in [1.165, 1.54) is 38.5 Å². The van der Waals surface area contributed by atoms with Crippen LogP contribution in [0.2, 0.25) is 0 Å². The van der Waals surface area contributed by atoms with E-state index in [0.29, 0.717) is 21.4 Å². The van der Waals surface area contributed by atoms with E-state index >= 15 is 0 Å². The molecule has 4 saturated carbocycles. The van der Waals surface area contributed by atoms with Crippen molar-refractivity contribution in [3.8, 4) is 0 Å². The van der Waals surface area contributed by atoms with E-state index < -0.39 is 0 Å². The summed E-state index contributed by atoms with van der Waals surface area (Å²) >= 11 is 1.62. The molecule has 2 unspecified atom stereocenters. The van der Waals surface area contributed by atoms with E-state index in [1.807, 2.05) is 0 Å². The first-order valence-electron chi connectivity index (χ1n) is 7.88. The van der Waals surface area contributed by atoms with E-state index in [-0.39, 0.29) is 0 Å². The summed E-state index contributed by atoms with van der Waals surface area (Å²) in [5.74, 6) is 2.80. The summed E-state index contributed by atoms with van der Waals surface area (Å²) in [5, 5.41) is 0.688. The van der Waals surface area contributed by atoms with Crippen LogP contribution in [0, 0.1) is 22.2 Å². The third-order valence-corrected chi connectivity index (χ3v) is 6.72. The zero-order valence-electron chi connectivity index (χ0n) is 12.6. The average molecular weight is 291 g/mol. The molecule has 4 heteroatoms. The Morgan fingerprint density at radius 3 is 2.45 bits per heavy atom. The van der Waals surface area contributed by atoms with Crippen LogP contribution in [0.25, 0.3) is 0 Å². The van der Waals surface area contributed by atoms with E-state index in [1.54, 1.807) is 11.8 Å². The third kappa shape index (κ3) is 2.11. The van der Waals surface area contributed by atoms with Crippen molar-refractivity contribution in [2.24, 2.45) is 37.9 Å². The van der Waals surface area contributed by atoms with Crippen molar-refractivity contribution in [3.63, 3.8) is 0 Å².